The number of hydrogen-bond donors (Lipinski definition) is 1. The van der Waals surface area contributed by atoms with Crippen molar-refractivity contribution in [3.63, 3.8) is 0 Å². The number of nitrogens with zero attached hydrogens (tertiary/aromatic N) is 1. The molecular weight excluding hydrogens is 128 g/mol. The first-order chi connectivity index (χ1) is 4.63. The van der Waals surface area contributed by atoms with Gasteiger partial charge in [-0.3, -0.25) is 4.79 Å². The molecule has 0 aromatic carbocycles. The molecule has 0 aromatic rings. The molecule has 1 fully saturated rings. The van der Waals surface area contributed by atoms with E-state index in [0.717, 1.165) is 0 Å². The van der Waals surface area contributed by atoms with E-state index in [1.165, 1.54) is 0 Å². The molecule has 0 unspecified atom stereocenters. The molecule has 1 aliphatic heterocycles. The van der Waals surface area contributed by atoms with Crippen LogP contribution in [-0.4, -0.2) is 23.5 Å². The van der Waals surface area contributed by atoms with E-state index in [0.29, 0.717) is 18.4 Å². The van der Waals surface area contributed by atoms with Crippen molar-refractivity contribution >= 4 is 5.91 Å². The molecule has 0 atom stereocenters. The molecule has 10 heavy (non-hydrogen) atoms. The van der Waals surface area contributed by atoms with Gasteiger partial charge in [-0.2, -0.15) is 0 Å². The second kappa shape index (κ2) is 2.33. The van der Waals surface area contributed by atoms with Gasteiger partial charge in [0.15, 0.2) is 0 Å². The van der Waals surface area contributed by atoms with Crippen LogP contribution < -0.4 is 5.32 Å². The van der Waals surface area contributed by atoms with Gasteiger partial charge in [-0.25, -0.2) is 0 Å². The summed E-state index contributed by atoms with van der Waals surface area (Å²) in [5.74, 6) is -0.0475. The van der Waals surface area contributed by atoms with Crippen LogP contribution in [0.1, 0.15) is 13.8 Å². The van der Waals surface area contributed by atoms with Crippen LogP contribution in [0, 0.1) is 0 Å². The predicted octanol–water partition coefficient (Wildman–Crippen LogP) is 0.298. The Morgan fingerprint density at radius 3 is 2.50 bits per heavy atom. The van der Waals surface area contributed by atoms with Gasteiger partial charge in [0.2, 0.25) is 0 Å². The van der Waals surface area contributed by atoms with E-state index in [4.69, 9.17) is 0 Å². The first-order valence-corrected chi connectivity index (χ1v) is 3.36. The lowest BCUT2D eigenvalue weighted by molar-refractivity contribution is -0.116. The summed E-state index contributed by atoms with van der Waals surface area (Å²) in [6, 6.07) is 0.353. The third-order valence-corrected chi connectivity index (χ3v) is 1.64. The van der Waals surface area contributed by atoms with Gasteiger partial charge in [0.25, 0.3) is 5.91 Å². The van der Waals surface area contributed by atoms with Crippen molar-refractivity contribution in [2.75, 3.05) is 6.67 Å². The van der Waals surface area contributed by atoms with Gasteiger partial charge in [0, 0.05) is 6.04 Å². The van der Waals surface area contributed by atoms with E-state index < -0.39 is 0 Å². The van der Waals surface area contributed by atoms with Gasteiger partial charge >= 0.3 is 0 Å². The zero-order valence-electron chi connectivity index (χ0n) is 6.35. The van der Waals surface area contributed by atoms with Crippen LogP contribution in [-0.2, 0) is 4.79 Å². The predicted molar refractivity (Wildman–Crippen MR) is 39.1 cm³/mol. The van der Waals surface area contributed by atoms with E-state index in [1.54, 1.807) is 0 Å². The summed E-state index contributed by atoms with van der Waals surface area (Å²) in [6.07, 6.45) is 0. The fourth-order valence-corrected chi connectivity index (χ4v) is 0.979. The maximum atomic E-state index is 10.8. The number of hydrogen-bond acceptors (Lipinski definition) is 2. The average molecular weight is 140 g/mol. The third-order valence-electron chi connectivity index (χ3n) is 1.64. The average Bonchev–Trinajstić information content (AvgIpc) is 2.14. The van der Waals surface area contributed by atoms with Crippen LogP contribution in [0.3, 0.4) is 0 Å². The Morgan fingerprint density at radius 1 is 1.70 bits per heavy atom. The van der Waals surface area contributed by atoms with Crippen LogP contribution in [0.2, 0.25) is 0 Å². The fraction of sp³-hybridized carbons (Fsp3) is 0.571. The minimum atomic E-state index is -0.0475. The summed E-state index contributed by atoms with van der Waals surface area (Å²) in [6.45, 7) is 8.32. The lowest BCUT2D eigenvalue weighted by Crippen LogP contribution is -2.27. The van der Waals surface area contributed by atoms with Gasteiger partial charge < -0.3 is 10.2 Å². The minimum Gasteiger partial charge on any atom is -0.348 e. The second-order valence-electron chi connectivity index (χ2n) is 2.67. The molecule has 0 aromatic heterocycles. The summed E-state index contributed by atoms with van der Waals surface area (Å²) >= 11 is 0. The van der Waals surface area contributed by atoms with E-state index >= 15 is 0 Å². The SMILES string of the molecule is C=C1C(=O)NCN1C(C)C. The van der Waals surface area contributed by atoms with E-state index in [2.05, 4.69) is 11.9 Å². The summed E-state index contributed by atoms with van der Waals surface area (Å²) in [4.78, 5) is 12.8. The van der Waals surface area contributed by atoms with E-state index in [9.17, 15) is 4.79 Å². The standard InChI is InChI=1S/C7H12N2O/c1-5(2)9-4-8-7(10)6(9)3/h5H,3-4H2,1-2H3,(H,8,10). The summed E-state index contributed by atoms with van der Waals surface area (Å²) in [7, 11) is 0. The normalized spacial score (nSPS) is 18.5. The van der Waals surface area contributed by atoms with Crippen LogP contribution in [0.15, 0.2) is 12.3 Å². The minimum absolute atomic E-state index is 0.0475. The lowest BCUT2D eigenvalue weighted by Gasteiger charge is -2.20. The van der Waals surface area contributed by atoms with E-state index in [1.807, 2.05) is 18.7 Å². The Bertz CT molecular complexity index is 174. The number of carbonyl (C=O) groups excluding carboxylic acids is 1. The monoisotopic (exact) mass is 140 g/mol. The van der Waals surface area contributed by atoms with Crippen LogP contribution in [0.25, 0.3) is 0 Å². The Morgan fingerprint density at radius 2 is 2.30 bits per heavy atom. The molecule has 0 spiro atoms. The Labute approximate surface area is 60.7 Å². The number of amides is 1. The Balaban J connectivity index is 2.66. The first kappa shape index (κ1) is 7.12. The van der Waals surface area contributed by atoms with Crippen molar-refractivity contribution in [3.05, 3.63) is 12.3 Å². The molecule has 1 heterocycles. The maximum absolute atomic E-state index is 10.8. The molecule has 0 radical (unpaired) electrons. The zero-order valence-corrected chi connectivity index (χ0v) is 6.35. The second-order valence-corrected chi connectivity index (χ2v) is 2.67. The molecule has 0 saturated carbocycles. The van der Waals surface area contributed by atoms with Crippen molar-refractivity contribution < 1.29 is 4.79 Å². The van der Waals surface area contributed by atoms with Gasteiger partial charge in [-0.15, -0.1) is 0 Å². The molecule has 0 bridgehead atoms. The van der Waals surface area contributed by atoms with Crippen molar-refractivity contribution in [2.24, 2.45) is 0 Å². The summed E-state index contributed by atoms with van der Waals surface area (Å²) < 4.78 is 0. The van der Waals surface area contributed by atoms with Gasteiger partial charge in [-0.05, 0) is 13.8 Å². The molecule has 1 rings (SSSR count). The fourth-order valence-electron chi connectivity index (χ4n) is 0.979. The van der Waals surface area contributed by atoms with Crippen molar-refractivity contribution in [1.29, 1.82) is 0 Å². The summed E-state index contributed by atoms with van der Waals surface area (Å²) in [5.41, 5.74) is 0.579. The quantitative estimate of drug-likeness (QED) is 0.531. The molecule has 0 aliphatic carbocycles. The van der Waals surface area contributed by atoms with Crippen molar-refractivity contribution in [2.45, 2.75) is 19.9 Å². The molecule has 1 N–H and O–H groups in total. The maximum Gasteiger partial charge on any atom is 0.268 e. The molecule has 1 amide bonds. The van der Waals surface area contributed by atoms with E-state index in [-0.39, 0.29) is 5.91 Å². The Kier molecular flexibility index (Phi) is 1.66. The lowest BCUT2D eigenvalue weighted by atomic mass is 10.3. The van der Waals surface area contributed by atoms with Gasteiger partial charge in [0.05, 0.1) is 12.4 Å². The van der Waals surface area contributed by atoms with Crippen molar-refractivity contribution in [3.8, 4) is 0 Å². The number of nitrogens with one attached hydrogen (secondary N) is 1. The topological polar surface area (TPSA) is 32.3 Å². The number of carbonyl (C=O) groups is 1. The molecular formula is C7H12N2O. The van der Waals surface area contributed by atoms with Crippen LogP contribution >= 0.6 is 0 Å². The highest BCUT2D eigenvalue weighted by molar-refractivity contribution is 5.94. The largest absolute Gasteiger partial charge is 0.348 e. The zero-order chi connectivity index (χ0) is 7.72. The third kappa shape index (κ3) is 0.988. The molecule has 1 saturated heterocycles. The van der Waals surface area contributed by atoms with Crippen LogP contribution in [0.4, 0.5) is 0 Å². The van der Waals surface area contributed by atoms with Gasteiger partial charge in [-0.1, -0.05) is 6.58 Å². The summed E-state index contributed by atoms with van der Waals surface area (Å²) in [5, 5.41) is 2.69. The van der Waals surface area contributed by atoms with Crippen molar-refractivity contribution in [1.82, 2.24) is 10.2 Å². The highest BCUT2D eigenvalue weighted by Gasteiger charge is 2.23. The molecule has 3 heteroatoms. The smallest absolute Gasteiger partial charge is 0.268 e. The molecule has 56 valence electrons. The van der Waals surface area contributed by atoms with Gasteiger partial charge in [0.1, 0.15) is 0 Å². The highest BCUT2D eigenvalue weighted by atomic mass is 16.2. The molecule has 1 aliphatic rings. The molecule has 3 nitrogen and oxygen atoms in total. The van der Waals surface area contributed by atoms with Crippen LogP contribution in [0.5, 0.6) is 0 Å². The first-order valence-electron chi connectivity index (χ1n) is 3.36. The highest BCUT2D eigenvalue weighted by Crippen LogP contribution is 2.10. The Hall–Kier alpha value is -0.990. The number of rotatable bonds is 1.